The SMILES string of the molecule is CCc1cc2c(C(N)CC)cnc(OCCC(C)SC)c2cn1. The van der Waals surface area contributed by atoms with Crippen LogP contribution >= 0.6 is 11.8 Å². The summed E-state index contributed by atoms with van der Waals surface area (Å²) in [5.41, 5.74) is 8.39. The molecule has 0 radical (unpaired) electrons. The molecule has 126 valence electrons. The van der Waals surface area contributed by atoms with Crippen LogP contribution in [0.3, 0.4) is 0 Å². The van der Waals surface area contributed by atoms with E-state index in [1.807, 2.05) is 24.2 Å². The average Bonchev–Trinajstić information content (AvgIpc) is 2.60. The van der Waals surface area contributed by atoms with Gasteiger partial charge >= 0.3 is 0 Å². The zero-order valence-corrected chi connectivity index (χ0v) is 15.3. The lowest BCUT2D eigenvalue weighted by Crippen LogP contribution is -2.11. The zero-order valence-electron chi connectivity index (χ0n) is 14.5. The number of nitrogens with zero attached hydrogens (tertiary/aromatic N) is 2. The Kier molecular flexibility index (Phi) is 6.66. The van der Waals surface area contributed by atoms with Crippen LogP contribution < -0.4 is 10.5 Å². The quantitative estimate of drug-likeness (QED) is 0.787. The van der Waals surface area contributed by atoms with E-state index in [2.05, 4.69) is 43.1 Å². The number of fused-ring (bicyclic) bond motifs is 1. The van der Waals surface area contributed by atoms with Gasteiger partial charge in [-0.2, -0.15) is 11.8 Å². The summed E-state index contributed by atoms with van der Waals surface area (Å²) in [6, 6.07) is 2.11. The molecule has 2 unspecified atom stereocenters. The summed E-state index contributed by atoms with van der Waals surface area (Å²) in [6.07, 6.45) is 8.65. The van der Waals surface area contributed by atoms with Gasteiger partial charge in [-0.05, 0) is 42.5 Å². The first-order valence-electron chi connectivity index (χ1n) is 8.29. The molecule has 0 fully saturated rings. The fourth-order valence-corrected chi connectivity index (χ4v) is 2.77. The van der Waals surface area contributed by atoms with Crippen molar-refractivity contribution in [3.63, 3.8) is 0 Å². The zero-order chi connectivity index (χ0) is 16.8. The first kappa shape index (κ1) is 18.0. The maximum Gasteiger partial charge on any atom is 0.222 e. The van der Waals surface area contributed by atoms with Crippen molar-refractivity contribution in [3.05, 3.63) is 29.7 Å². The van der Waals surface area contributed by atoms with Gasteiger partial charge in [0.25, 0.3) is 0 Å². The Bertz CT molecular complexity index is 647. The standard InChI is InChI=1S/C18H27N3OS/c1-5-13-9-14-15(17(19)6-2)10-21-18(16(14)11-20-13)22-8-7-12(3)23-4/h9-12,17H,5-8,19H2,1-4H3. The van der Waals surface area contributed by atoms with Crippen LogP contribution in [0.4, 0.5) is 0 Å². The molecule has 2 rings (SSSR count). The second kappa shape index (κ2) is 8.50. The van der Waals surface area contributed by atoms with Crippen LogP contribution in [0.2, 0.25) is 0 Å². The summed E-state index contributed by atoms with van der Waals surface area (Å²) in [6.45, 7) is 7.07. The number of nitrogens with two attached hydrogens (primary N) is 1. The molecule has 0 saturated carbocycles. The molecule has 2 aromatic heterocycles. The van der Waals surface area contributed by atoms with Gasteiger partial charge < -0.3 is 10.5 Å². The Morgan fingerprint density at radius 3 is 2.65 bits per heavy atom. The molecule has 0 aliphatic rings. The highest BCUT2D eigenvalue weighted by atomic mass is 32.2. The van der Waals surface area contributed by atoms with E-state index in [1.165, 1.54) is 0 Å². The third kappa shape index (κ3) is 4.36. The Morgan fingerprint density at radius 1 is 1.22 bits per heavy atom. The Labute approximate surface area is 143 Å². The molecule has 0 aliphatic heterocycles. The first-order valence-corrected chi connectivity index (χ1v) is 9.58. The summed E-state index contributed by atoms with van der Waals surface area (Å²) >= 11 is 1.85. The summed E-state index contributed by atoms with van der Waals surface area (Å²) in [5, 5.41) is 2.66. The van der Waals surface area contributed by atoms with Crippen molar-refractivity contribution in [1.29, 1.82) is 0 Å². The predicted octanol–water partition coefficient (Wildman–Crippen LogP) is 4.12. The van der Waals surface area contributed by atoms with Crippen LogP contribution in [-0.2, 0) is 6.42 Å². The maximum absolute atomic E-state index is 6.26. The lowest BCUT2D eigenvalue weighted by Gasteiger charge is -2.16. The number of pyridine rings is 2. The minimum Gasteiger partial charge on any atom is -0.477 e. The third-order valence-electron chi connectivity index (χ3n) is 4.19. The molecule has 0 spiro atoms. The Hall–Kier alpha value is -1.33. The molecular formula is C18H27N3OS. The molecule has 2 aromatic rings. The van der Waals surface area contributed by atoms with Crippen LogP contribution in [0.1, 0.15) is 50.9 Å². The van der Waals surface area contributed by atoms with Crippen LogP contribution in [0.15, 0.2) is 18.5 Å². The highest BCUT2D eigenvalue weighted by molar-refractivity contribution is 7.99. The lowest BCUT2D eigenvalue weighted by molar-refractivity contribution is 0.303. The third-order valence-corrected chi connectivity index (χ3v) is 5.23. The van der Waals surface area contributed by atoms with E-state index in [9.17, 15) is 0 Å². The van der Waals surface area contributed by atoms with E-state index in [4.69, 9.17) is 10.5 Å². The highest BCUT2D eigenvalue weighted by Crippen LogP contribution is 2.30. The topological polar surface area (TPSA) is 61.0 Å². The number of thioether (sulfide) groups is 1. The minimum atomic E-state index is -0.0114. The van der Waals surface area contributed by atoms with Crippen LogP contribution in [0.5, 0.6) is 5.88 Å². The first-order chi connectivity index (χ1) is 11.1. The molecule has 0 aliphatic carbocycles. The molecule has 0 bridgehead atoms. The lowest BCUT2D eigenvalue weighted by atomic mass is 10.0. The monoisotopic (exact) mass is 333 g/mol. The number of aromatic nitrogens is 2. The highest BCUT2D eigenvalue weighted by Gasteiger charge is 2.14. The van der Waals surface area contributed by atoms with Crippen LogP contribution in [-0.4, -0.2) is 28.1 Å². The normalized spacial score (nSPS) is 14.0. The van der Waals surface area contributed by atoms with Gasteiger partial charge in [0, 0.05) is 29.4 Å². The minimum absolute atomic E-state index is 0.0114. The van der Waals surface area contributed by atoms with E-state index in [0.29, 0.717) is 17.7 Å². The number of hydrogen-bond donors (Lipinski definition) is 1. The summed E-state index contributed by atoms with van der Waals surface area (Å²) in [4.78, 5) is 9.01. The molecule has 2 heterocycles. The second-order valence-electron chi connectivity index (χ2n) is 5.79. The van der Waals surface area contributed by atoms with Crippen molar-refractivity contribution in [1.82, 2.24) is 9.97 Å². The van der Waals surface area contributed by atoms with Gasteiger partial charge in [0.1, 0.15) is 0 Å². The van der Waals surface area contributed by atoms with Gasteiger partial charge in [-0.3, -0.25) is 4.98 Å². The molecule has 5 heteroatoms. The molecule has 4 nitrogen and oxygen atoms in total. The number of aryl methyl sites for hydroxylation is 1. The van der Waals surface area contributed by atoms with E-state index in [1.54, 1.807) is 0 Å². The summed E-state index contributed by atoms with van der Waals surface area (Å²) in [7, 11) is 0. The molecule has 2 atom stereocenters. The number of rotatable bonds is 8. The van der Waals surface area contributed by atoms with Gasteiger partial charge in [-0.1, -0.05) is 20.8 Å². The molecule has 0 amide bonds. The number of hydrogen-bond acceptors (Lipinski definition) is 5. The van der Waals surface area contributed by atoms with E-state index < -0.39 is 0 Å². The van der Waals surface area contributed by atoms with Gasteiger partial charge in [-0.25, -0.2) is 4.98 Å². The van der Waals surface area contributed by atoms with Crippen molar-refractivity contribution in [2.24, 2.45) is 5.73 Å². The van der Waals surface area contributed by atoms with E-state index >= 15 is 0 Å². The van der Waals surface area contributed by atoms with Crippen molar-refractivity contribution >= 4 is 22.5 Å². The second-order valence-corrected chi connectivity index (χ2v) is 7.07. The van der Waals surface area contributed by atoms with Gasteiger partial charge in [0.2, 0.25) is 5.88 Å². The maximum atomic E-state index is 6.26. The largest absolute Gasteiger partial charge is 0.477 e. The van der Waals surface area contributed by atoms with E-state index in [-0.39, 0.29) is 6.04 Å². The van der Waals surface area contributed by atoms with Gasteiger partial charge in [0.05, 0.1) is 12.0 Å². The summed E-state index contributed by atoms with van der Waals surface area (Å²) in [5.74, 6) is 0.663. The predicted molar refractivity (Wildman–Crippen MR) is 99.2 cm³/mol. The number of ether oxygens (including phenoxy) is 1. The average molecular weight is 334 g/mol. The summed E-state index contributed by atoms with van der Waals surface area (Å²) < 4.78 is 5.93. The van der Waals surface area contributed by atoms with Crippen LogP contribution in [0.25, 0.3) is 10.8 Å². The van der Waals surface area contributed by atoms with Crippen molar-refractivity contribution in [3.8, 4) is 5.88 Å². The van der Waals surface area contributed by atoms with Gasteiger partial charge in [-0.15, -0.1) is 0 Å². The van der Waals surface area contributed by atoms with Crippen molar-refractivity contribution in [2.75, 3.05) is 12.9 Å². The van der Waals surface area contributed by atoms with Crippen LogP contribution in [0, 0.1) is 0 Å². The fraction of sp³-hybridized carbons (Fsp3) is 0.556. The smallest absolute Gasteiger partial charge is 0.222 e. The Balaban J connectivity index is 2.35. The molecule has 2 N–H and O–H groups in total. The fourth-order valence-electron chi connectivity index (χ4n) is 2.44. The van der Waals surface area contributed by atoms with Crippen molar-refractivity contribution in [2.45, 2.75) is 51.3 Å². The Morgan fingerprint density at radius 2 is 2.00 bits per heavy atom. The molecular weight excluding hydrogens is 306 g/mol. The van der Waals surface area contributed by atoms with Gasteiger partial charge in [0.15, 0.2) is 0 Å². The van der Waals surface area contributed by atoms with E-state index in [0.717, 1.165) is 41.3 Å². The molecule has 0 aromatic carbocycles. The molecule has 0 saturated heterocycles. The molecule has 23 heavy (non-hydrogen) atoms. The van der Waals surface area contributed by atoms with Crippen molar-refractivity contribution < 1.29 is 4.74 Å².